The van der Waals surface area contributed by atoms with Gasteiger partial charge in [0.1, 0.15) is 0 Å². The highest BCUT2D eigenvalue weighted by molar-refractivity contribution is 4.77. The molecular formula is C15H31NO4. The van der Waals surface area contributed by atoms with E-state index in [2.05, 4.69) is 12.2 Å². The quantitative estimate of drug-likeness (QED) is 0.501. The van der Waals surface area contributed by atoms with E-state index in [9.17, 15) is 10.2 Å². The summed E-state index contributed by atoms with van der Waals surface area (Å²) in [6.45, 7) is 4.39. The zero-order valence-corrected chi connectivity index (χ0v) is 12.8. The van der Waals surface area contributed by atoms with Crippen molar-refractivity contribution in [2.75, 3.05) is 26.3 Å². The lowest BCUT2D eigenvalue weighted by molar-refractivity contribution is -0.0519. The molecule has 20 heavy (non-hydrogen) atoms. The summed E-state index contributed by atoms with van der Waals surface area (Å²) in [7, 11) is 0. The molecule has 0 saturated heterocycles. The Morgan fingerprint density at radius 2 is 2.05 bits per heavy atom. The molecule has 1 saturated carbocycles. The Kier molecular flexibility index (Phi) is 7.99. The number of hydrogen-bond acceptors (Lipinski definition) is 5. The van der Waals surface area contributed by atoms with Crippen LogP contribution in [-0.4, -0.2) is 59.4 Å². The minimum absolute atomic E-state index is 0.252. The van der Waals surface area contributed by atoms with Crippen molar-refractivity contribution < 1.29 is 20.1 Å². The Morgan fingerprint density at radius 1 is 1.35 bits per heavy atom. The van der Waals surface area contributed by atoms with Gasteiger partial charge in [-0.3, -0.25) is 0 Å². The fourth-order valence-electron chi connectivity index (χ4n) is 2.72. The van der Waals surface area contributed by atoms with Crippen LogP contribution in [0.4, 0.5) is 0 Å². The normalized spacial score (nSPS) is 28.1. The summed E-state index contributed by atoms with van der Waals surface area (Å²) in [5, 5.41) is 31.3. The molecule has 0 amide bonds. The molecule has 0 spiro atoms. The van der Waals surface area contributed by atoms with Gasteiger partial charge in [-0.2, -0.15) is 0 Å². The molecule has 1 aliphatic rings. The standard InChI is InChI=1S/C15H31NO4/c1-3-12-6-4-5-7-14(12)20-9-13(18)8-16-10-15(2,19)11-17/h12-14,16-19H,3-11H2,1-2H3. The molecule has 1 aliphatic carbocycles. The van der Waals surface area contributed by atoms with E-state index in [4.69, 9.17) is 9.84 Å². The average Bonchev–Trinajstić information content (AvgIpc) is 2.45. The van der Waals surface area contributed by atoms with Gasteiger partial charge in [0.05, 0.1) is 31.0 Å². The molecule has 120 valence electrons. The van der Waals surface area contributed by atoms with Gasteiger partial charge in [-0.15, -0.1) is 0 Å². The summed E-state index contributed by atoms with van der Waals surface area (Å²) in [6, 6.07) is 0. The van der Waals surface area contributed by atoms with Crippen molar-refractivity contribution in [1.82, 2.24) is 5.32 Å². The summed E-state index contributed by atoms with van der Waals surface area (Å²) >= 11 is 0. The number of aliphatic hydroxyl groups is 3. The van der Waals surface area contributed by atoms with Gasteiger partial charge in [-0.25, -0.2) is 0 Å². The molecule has 0 aliphatic heterocycles. The van der Waals surface area contributed by atoms with Gasteiger partial charge in [-0.05, 0) is 25.7 Å². The smallest absolute Gasteiger partial charge is 0.0972 e. The van der Waals surface area contributed by atoms with E-state index in [1.807, 2.05) is 0 Å². The number of rotatable bonds is 9. The van der Waals surface area contributed by atoms with E-state index in [1.165, 1.54) is 19.3 Å². The second kappa shape index (κ2) is 8.95. The highest BCUT2D eigenvalue weighted by Gasteiger charge is 2.25. The monoisotopic (exact) mass is 289 g/mol. The van der Waals surface area contributed by atoms with Crippen LogP contribution >= 0.6 is 0 Å². The topological polar surface area (TPSA) is 82.0 Å². The highest BCUT2D eigenvalue weighted by Crippen LogP contribution is 2.29. The van der Waals surface area contributed by atoms with Crippen molar-refractivity contribution in [2.24, 2.45) is 5.92 Å². The second-order valence-electron chi connectivity index (χ2n) is 6.26. The number of ether oxygens (including phenoxy) is 1. The molecule has 0 bridgehead atoms. The number of hydrogen-bond donors (Lipinski definition) is 4. The van der Waals surface area contributed by atoms with E-state index >= 15 is 0 Å². The Hall–Kier alpha value is -0.200. The Labute approximate surface area is 122 Å². The van der Waals surface area contributed by atoms with Crippen LogP contribution in [-0.2, 0) is 4.74 Å². The van der Waals surface area contributed by atoms with Crippen LogP contribution in [0.5, 0.6) is 0 Å². The maximum Gasteiger partial charge on any atom is 0.0972 e. The number of aliphatic hydroxyl groups excluding tert-OH is 2. The molecule has 0 aromatic carbocycles. The van der Waals surface area contributed by atoms with Crippen LogP contribution in [0.1, 0.15) is 46.0 Å². The predicted molar refractivity (Wildman–Crippen MR) is 78.6 cm³/mol. The third kappa shape index (κ3) is 6.50. The van der Waals surface area contributed by atoms with E-state index in [0.29, 0.717) is 19.1 Å². The molecule has 0 aromatic rings. The van der Waals surface area contributed by atoms with Crippen molar-refractivity contribution in [1.29, 1.82) is 0 Å². The van der Waals surface area contributed by atoms with Crippen LogP contribution in [0.25, 0.3) is 0 Å². The predicted octanol–water partition coefficient (Wildman–Crippen LogP) is 0.666. The zero-order chi connectivity index (χ0) is 15.0. The summed E-state index contributed by atoms with van der Waals surface area (Å²) in [5.74, 6) is 0.624. The lowest BCUT2D eigenvalue weighted by atomic mass is 9.85. The van der Waals surface area contributed by atoms with Gasteiger partial charge in [0.15, 0.2) is 0 Å². The third-order valence-electron chi connectivity index (χ3n) is 4.09. The lowest BCUT2D eigenvalue weighted by Gasteiger charge is -2.31. The third-order valence-corrected chi connectivity index (χ3v) is 4.09. The zero-order valence-electron chi connectivity index (χ0n) is 12.8. The van der Waals surface area contributed by atoms with Gasteiger partial charge in [0, 0.05) is 13.1 Å². The molecule has 4 unspecified atom stereocenters. The molecule has 5 nitrogen and oxygen atoms in total. The molecule has 4 N–H and O–H groups in total. The molecule has 1 fully saturated rings. The Bertz CT molecular complexity index is 260. The molecule has 5 heteroatoms. The van der Waals surface area contributed by atoms with E-state index in [1.54, 1.807) is 6.92 Å². The SMILES string of the molecule is CCC1CCCCC1OCC(O)CNCC(C)(O)CO. The largest absolute Gasteiger partial charge is 0.393 e. The summed E-state index contributed by atoms with van der Waals surface area (Å²) in [6.07, 6.45) is 5.67. The van der Waals surface area contributed by atoms with Crippen molar-refractivity contribution in [3.05, 3.63) is 0 Å². The highest BCUT2D eigenvalue weighted by atomic mass is 16.5. The van der Waals surface area contributed by atoms with Gasteiger partial charge < -0.3 is 25.4 Å². The first-order valence-electron chi connectivity index (χ1n) is 7.82. The number of nitrogens with one attached hydrogen (secondary N) is 1. The van der Waals surface area contributed by atoms with Crippen LogP contribution in [0, 0.1) is 5.92 Å². The molecule has 1 rings (SSSR count). The van der Waals surface area contributed by atoms with E-state index < -0.39 is 11.7 Å². The van der Waals surface area contributed by atoms with Gasteiger partial charge in [0.2, 0.25) is 0 Å². The van der Waals surface area contributed by atoms with Crippen molar-refractivity contribution >= 4 is 0 Å². The van der Waals surface area contributed by atoms with Crippen molar-refractivity contribution in [2.45, 2.75) is 63.8 Å². The first-order chi connectivity index (χ1) is 9.48. The summed E-state index contributed by atoms with van der Waals surface area (Å²) < 4.78 is 5.86. The van der Waals surface area contributed by atoms with Crippen LogP contribution < -0.4 is 5.32 Å². The van der Waals surface area contributed by atoms with Crippen molar-refractivity contribution in [3.8, 4) is 0 Å². The summed E-state index contributed by atoms with van der Waals surface area (Å²) in [4.78, 5) is 0. The molecule has 0 heterocycles. The molecule has 0 aromatic heterocycles. The van der Waals surface area contributed by atoms with Gasteiger partial charge in [0.25, 0.3) is 0 Å². The molecule has 0 radical (unpaired) electrons. The summed E-state index contributed by atoms with van der Waals surface area (Å²) in [5.41, 5.74) is -1.14. The second-order valence-corrected chi connectivity index (χ2v) is 6.26. The lowest BCUT2D eigenvalue weighted by Crippen LogP contribution is -2.44. The minimum Gasteiger partial charge on any atom is -0.393 e. The fourth-order valence-corrected chi connectivity index (χ4v) is 2.72. The first-order valence-corrected chi connectivity index (χ1v) is 7.82. The van der Waals surface area contributed by atoms with Gasteiger partial charge in [-0.1, -0.05) is 26.2 Å². The molecule has 4 atom stereocenters. The van der Waals surface area contributed by atoms with E-state index in [0.717, 1.165) is 12.8 Å². The fraction of sp³-hybridized carbons (Fsp3) is 1.00. The maximum absolute atomic E-state index is 9.88. The Morgan fingerprint density at radius 3 is 2.70 bits per heavy atom. The average molecular weight is 289 g/mol. The first kappa shape index (κ1) is 17.9. The molecular weight excluding hydrogens is 258 g/mol. The van der Waals surface area contributed by atoms with Crippen molar-refractivity contribution in [3.63, 3.8) is 0 Å². The van der Waals surface area contributed by atoms with Gasteiger partial charge >= 0.3 is 0 Å². The minimum atomic E-state index is -1.14. The van der Waals surface area contributed by atoms with E-state index in [-0.39, 0.29) is 19.3 Å². The Balaban J connectivity index is 2.17. The van der Waals surface area contributed by atoms with Crippen LogP contribution in [0.3, 0.4) is 0 Å². The van der Waals surface area contributed by atoms with Crippen LogP contribution in [0.2, 0.25) is 0 Å². The van der Waals surface area contributed by atoms with Crippen LogP contribution in [0.15, 0.2) is 0 Å². The maximum atomic E-state index is 9.88.